The second-order valence-corrected chi connectivity index (χ2v) is 2.91. The summed E-state index contributed by atoms with van der Waals surface area (Å²) in [6.07, 6.45) is 6.72. The standard InChI is InChI=1S/C8H8N2OS/c1-3-4-11-10-7(2)8-5-9-6-12-8/h1,5-6H,4H2,2H3/b10-7+. The first-order chi connectivity index (χ1) is 5.84. The van der Waals surface area contributed by atoms with Crippen LogP contribution in [0, 0.1) is 12.3 Å². The van der Waals surface area contributed by atoms with Crippen molar-refractivity contribution < 1.29 is 4.84 Å². The Balaban J connectivity index is 2.54. The lowest BCUT2D eigenvalue weighted by Gasteiger charge is -1.94. The van der Waals surface area contributed by atoms with Crippen molar-refractivity contribution in [3.05, 3.63) is 16.6 Å². The van der Waals surface area contributed by atoms with Crippen LogP contribution in [-0.2, 0) is 4.84 Å². The Kier molecular flexibility index (Phi) is 3.30. The van der Waals surface area contributed by atoms with Gasteiger partial charge in [-0.3, -0.25) is 4.98 Å². The molecule has 1 aromatic rings. The number of rotatable bonds is 3. The van der Waals surface area contributed by atoms with Crippen LogP contribution in [0.2, 0.25) is 0 Å². The second-order valence-electron chi connectivity index (χ2n) is 2.02. The molecular weight excluding hydrogens is 172 g/mol. The first-order valence-electron chi connectivity index (χ1n) is 3.33. The molecule has 0 aliphatic rings. The van der Waals surface area contributed by atoms with Gasteiger partial charge < -0.3 is 4.84 Å². The van der Waals surface area contributed by atoms with Gasteiger partial charge in [-0.2, -0.15) is 0 Å². The number of hydrogen-bond acceptors (Lipinski definition) is 4. The van der Waals surface area contributed by atoms with Crippen LogP contribution in [0.4, 0.5) is 0 Å². The van der Waals surface area contributed by atoms with Gasteiger partial charge in [0.25, 0.3) is 0 Å². The fourth-order valence-electron chi connectivity index (χ4n) is 0.606. The van der Waals surface area contributed by atoms with Crippen molar-refractivity contribution in [3.8, 4) is 12.3 Å². The van der Waals surface area contributed by atoms with Crippen LogP contribution in [-0.4, -0.2) is 17.3 Å². The highest BCUT2D eigenvalue weighted by Gasteiger charge is 1.97. The quantitative estimate of drug-likeness (QED) is 0.306. The predicted molar refractivity (Wildman–Crippen MR) is 49.1 cm³/mol. The van der Waals surface area contributed by atoms with E-state index in [1.807, 2.05) is 6.92 Å². The lowest BCUT2D eigenvalue weighted by atomic mass is 10.4. The summed E-state index contributed by atoms with van der Waals surface area (Å²) in [6, 6.07) is 0. The molecule has 0 amide bonds. The van der Waals surface area contributed by atoms with Gasteiger partial charge in [0.15, 0.2) is 6.61 Å². The van der Waals surface area contributed by atoms with Gasteiger partial charge in [0.1, 0.15) is 0 Å². The second kappa shape index (κ2) is 4.52. The largest absolute Gasteiger partial charge is 0.382 e. The van der Waals surface area contributed by atoms with Crippen molar-refractivity contribution in [2.45, 2.75) is 6.92 Å². The summed E-state index contributed by atoms with van der Waals surface area (Å²) in [5.41, 5.74) is 2.54. The van der Waals surface area contributed by atoms with E-state index in [9.17, 15) is 0 Å². The first-order valence-corrected chi connectivity index (χ1v) is 4.21. The van der Waals surface area contributed by atoms with E-state index in [0.29, 0.717) is 0 Å². The third kappa shape index (κ3) is 2.36. The maximum absolute atomic E-state index is 4.98. The van der Waals surface area contributed by atoms with Gasteiger partial charge in [0.05, 0.1) is 16.1 Å². The van der Waals surface area contributed by atoms with Crippen LogP contribution in [0.25, 0.3) is 0 Å². The van der Waals surface area contributed by atoms with E-state index in [2.05, 4.69) is 16.1 Å². The van der Waals surface area contributed by atoms with Gasteiger partial charge in [-0.25, -0.2) is 0 Å². The Morgan fingerprint density at radius 1 is 1.92 bits per heavy atom. The molecule has 0 aliphatic carbocycles. The molecule has 0 aromatic carbocycles. The summed E-state index contributed by atoms with van der Waals surface area (Å²) in [5.74, 6) is 2.33. The molecule has 62 valence electrons. The molecule has 0 atom stereocenters. The van der Waals surface area contributed by atoms with E-state index in [1.54, 1.807) is 11.7 Å². The molecule has 0 aliphatic heterocycles. The molecule has 4 heteroatoms. The summed E-state index contributed by atoms with van der Waals surface area (Å²) < 4.78 is 0. The van der Waals surface area contributed by atoms with E-state index in [0.717, 1.165) is 10.6 Å². The van der Waals surface area contributed by atoms with Crippen LogP contribution >= 0.6 is 11.3 Å². The molecule has 1 aromatic heterocycles. The smallest absolute Gasteiger partial charge is 0.177 e. The van der Waals surface area contributed by atoms with Crippen molar-refractivity contribution in [2.75, 3.05) is 6.61 Å². The minimum atomic E-state index is 0.205. The summed E-state index contributed by atoms with van der Waals surface area (Å²) in [6.45, 7) is 2.06. The van der Waals surface area contributed by atoms with Crippen LogP contribution < -0.4 is 0 Å². The van der Waals surface area contributed by atoms with Crippen molar-refractivity contribution in [1.29, 1.82) is 0 Å². The van der Waals surface area contributed by atoms with Crippen molar-refractivity contribution in [1.82, 2.24) is 4.98 Å². The molecule has 0 spiro atoms. The van der Waals surface area contributed by atoms with Crippen molar-refractivity contribution in [3.63, 3.8) is 0 Å². The molecule has 0 saturated heterocycles. The van der Waals surface area contributed by atoms with E-state index >= 15 is 0 Å². The van der Waals surface area contributed by atoms with Gasteiger partial charge in [0.2, 0.25) is 0 Å². The monoisotopic (exact) mass is 180 g/mol. The Hall–Kier alpha value is -1.34. The van der Waals surface area contributed by atoms with E-state index in [4.69, 9.17) is 11.3 Å². The number of oxime groups is 1. The van der Waals surface area contributed by atoms with Gasteiger partial charge in [-0.05, 0) is 6.92 Å². The average Bonchev–Trinajstić information content (AvgIpc) is 2.56. The number of nitrogens with zero attached hydrogens (tertiary/aromatic N) is 2. The van der Waals surface area contributed by atoms with E-state index in [-0.39, 0.29) is 6.61 Å². The van der Waals surface area contributed by atoms with E-state index in [1.165, 1.54) is 11.3 Å². The third-order valence-corrected chi connectivity index (χ3v) is 2.02. The normalized spacial score (nSPS) is 10.8. The van der Waals surface area contributed by atoms with Crippen molar-refractivity contribution in [2.24, 2.45) is 5.16 Å². The van der Waals surface area contributed by atoms with Gasteiger partial charge in [-0.15, -0.1) is 17.8 Å². The maximum Gasteiger partial charge on any atom is 0.177 e. The van der Waals surface area contributed by atoms with Crippen LogP contribution in [0.3, 0.4) is 0 Å². The SMILES string of the molecule is C#CCO/N=C(\C)c1cncs1. The topological polar surface area (TPSA) is 34.5 Å². The summed E-state index contributed by atoms with van der Waals surface area (Å²) in [7, 11) is 0. The number of thiazole rings is 1. The minimum Gasteiger partial charge on any atom is -0.382 e. The van der Waals surface area contributed by atoms with Crippen LogP contribution in [0.15, 0.2) is 16.9 Å². The molecule has 3 nitrogen and oxygen atoms in total. The Bertz CT molecular complexity index is 297. The molecule has 0 bridgehead atoms. The molecule has 0 fully saturated rings. The lowest BCUT2D eigenvalue weighted by molar-refractivity contribution is 0.180. The summed E-state index contributed by atoms with van der Waals surface area (Å²) in [4.78, 5) is 9.71. The fourth-order valence-corrected chi connectivity index (χ4v) is 1.17. The zero-order valence-electron chi connectivity index (χ0n) is 6.65. The van der Waals surface area contributed by atoms with Crippen LogP contribution in [0.5, 0.6) is 0 Å². The maximum atomic E-state index is 4.98. The highest BCUT2D eigenvalue weighted by Crippen LogP contribution is 2.06. The Morgan fingerprint density at radius 2 is 2.75 bits per heavy atom. The van der Waals surface area contributed by atoms with Gasteiger partial charge in [-0.1, -0.05) is 11.1 Å². The number of hydrogen-bond donors (Lipinski definition) is 0. The van der Waals surface area contributed by atoms with Crippen LogP contribution in [0.1, 0.15) is 11.8 Å². The number of aromatic nitrogens is 1. The van der Waals surface area contributed by atoms with E-state index < -0.39 is 0 Å². The molecule has 1 heterocycles. The Morgan fingerprint density at radius 3 is 3.33 bits per heavy atom. The molecule has 12 heavy (non-hydrogen) atoms. The van der Waals surface area contributed by atoms with Gasteiger partial charge >= 0.3 is 0 Å². The molecular formula is C8H8N2OS. The zero-order chi connectivity index (χ0) is 8.81. The molecule has 0 unspecified atom stereocenters. The zero-order valence-corrected chi connectivity index (χ0v) is 7.47. The predicted octanol–water partition coefficient (Wildman–Crippen LogP) is 1.52. The highest BCUT2D eigenvalue weighted by atomic mass is 32.1. The average molecular weight is 180 g/mol. The summed E-state index contributed by atoms with van der Waals surface area (Å²) >= 11 is 1.52. The molecule has 1 rings (SSSR count). The minimum absolute atomic E-state index is 0.205. The number of terminal acetylenes is 1. The fraction of sp³-hybridized carbons (Fsp3) is 0.250. The molecule has 0 radical (unpaired) electrons. The highest BCUT2D eigenvalue weighted by molar-refractivity contribution is 7.11. The van der Waals surface area contributed by atoms with Crippen molar-refractivity contribution >= 4 is 17.0 Å². The van der Waals surface area contributed by atoms with Gasteiger partial charge in [0, 0.05) is 6.20 Å². The lowest BCUT2D eigenvalue weighted by Crippen LogP contribution is -1.93. The first kappa shape index (κ1) is 8.75. The summed E-state index contributed by atoms with van der Waals surface area (Å²) in [5, 5.41) is 3.80. The third-order valence-electron chi connectivity index (χ3n) is 1.14. The molecule has 0 N–H and O–H groups in total. The Labute approximate surface area is 75.1 Å². The molecule has 0 saturated carbocycles.